The summed E-state index contributed by atoms with van der Waals surface area (Å²) in [5.41, 5.74) is 15.6. The van der Waals surface area contributed by atoms with E-state index in [0.717, 1.165) is 95.1 Å². The summed E-state index contributed by atoms with van der Waals surface area (Å²) in [5, 5.41) is 0. The van der Waals surface area contributed by atoms with Gasteiger partial charge in [0.1, 0.15) is 12.4 Å². The molecule has 2 aliphatic heterocycles. The lowest BCUT2D eigenvalue weighted by Gasteiger charge is -2.09. The Morgan fingerprint density at radius 3 is 1.25 bits per heavy atom. The Morgan fingerprint density at radius 2 is 0.800 bits per heavy atom. The van der Waals surface area contributed by atoms with Crippen LogP contribution in [0, 0.1) is 0 Å². The molecule has 3 aromatic heterocycles. The van der Waals surface area contributed by atoms with Gasteiger partial charge in [0.05, 0.1) is 36.0 Å². The Hall–Kier alpha value is -6.47. The lowest BCUT2D eigenvalue weighted by atomic mass is 10.0. The number of rotatable bonds is 10. The molecule has 6 nitrogen and oxygen atoms in total. The van der Waals surface area contributed by atoms with Gasteiger partial charge in [-0.2, -0.15) is 0 Å². The van der Waals surface area contributed by atoms with Crippen molar-refractivity contribution in [1.29, 1.82) is 0 Å². The molecule has 0 spiro atoms. The molecule has 7 aromatic rings. The summed E-state index contributed by atoms with van der Waals surface area (Å²) in [6.07, 6.45) is 8.42. The second-order valence-electron chi connectivity index (χ2n) is 13.3. The molecule has 9 rings (SSSR count). The van der Waals surface area contributed by atoms with Crippen LogP contribution >= 0.6 is 11.6 Å². The number of aromatic amines is 2. The Balaban J connectivity index is 1.35. The van der Waals surface area contributed by atoms with Crippen LogP contribution in [0.1, 0.15) is 22.8 Å². The Kier molecular flexibility index (Phi) is 9.66. The molecular weight excluding hydrogens is 700 g/mol. The molecule has 0 radical (unpaired) electrons. The normalized spacial score (nSPS) is 11.9. The lowest BCUT2D eigenvalue weighted by Crippen LogP contribution is -2.07. The van der Waals surface area contributed by atoms with Crippen LogP contribution in [0.4, 0.5) is 0 Å². The van der Waals surface area contributed by atoms with E-state index in [4.69, 9.17) is 31.0 Å². The summed E-state index contributed by atoms with van der Waals surface area (Å²) in [5.74, 6) is 1.22. The zero-order valence-corrected chi connectivity index (χ0v) is 30.8. The first kappa shape index (κ1) is 34.3. The molecule has 0 atom stereocenters. The number of H-pyrrole nitrogens is 2. The van der Waals surface area contributed by atoms with E-state index in [2.05, 4.69) is 150 Å². The maximum absolute atomic E-state index is 5.98. The third kappa shape index (κ3) is 7.01. The molecule has 2 N–H and O–H groups in total. The fraction of sp³-hybridized carbons (Fsp3) is 0.0833. The van der Waals surface area contributed by atoms with Crippen molar-refractivity contribution in [3.63, 3.8) is 0 Å². The summed E-state index contributed by atoms with van der Waals surface area (Å²) < 4.78 is 11.5. The summed E-state index contributed by atoms with van der Waals surface area (Å²) in [7, 11) is 0. The van der Waals surface area contributed by atoms with Crippen LogP contribution in [0.5, 0.6) is 5.75 Å². The number of hydrogen-bond donors (Lipinski definition) is 2. The van der Waals surface area contributed by atoms with Crippen LogP contribution in [0.15, 0.2) is 140 Å². The fourth-order valence-corrected chi connectivity index (χ4v) is 7.44. The molecule has 2 aliphatic rings. The standard InChI is InChI=1S/C48H37ClN4O2/c49-28-29-54-30-31-55-36-18-16-35(17-19-36)48-43-26-24-41(52-43)46(33-12-6-2-7-13-33)39-22-20-37(50-39)45(32-10-4-1-5-11-32)38-21-23-40(51-38)47(34-14-8-3-9-15-34)42-25-27-44(48)53-42/h1-27,50-51H,28-31H2. The van der Waals surface area contributed by atoms with E-state index in [1.807, 2.05) is 24.3 Å². The van der Waals surface area contributed by atoms with Gasteiger partial charge >= 0.3 is 0 Å². The minimum atomic E-state index is 0.441. The summed E-state index contributed by atoms with van der Waals surface area (Å²) in [6, 6.07) is 48.2. The molecule has 0 saturated carbocycles. The highest BCUT2D eigenvalue weighted by molar-refractivity contribution is 6.18. The number of benzene rings is 4. The van der Waals surface area contributed by atoms with Crippen molar-refractivity contribution in [1.82, 2.24) is 19.9 Å². The van der Waals surface area contributed by atoms with Crippen molar-refractivity contribution in [3.8, 4) is 50.3 Å². The Bertz CT molecular complexity index is 2560. The summed E-state index contributed by atoms with van der Waals surface area (Å²) in [6.45, 7) is 1.42. The van der Waals surface area contributed by atoms with Crippen LogP contribution < -0.4 is 4.74 Å². The number of nitrogens with one attached hydrogen (secondary N) is 2. The zero-order valence-electron chi connectivity index (χ0n) is 30.0. The third-order valence-corrected chi connectivity index (χ3v) is 9.96. The monoisotopic (exact) mass is 736 g/mol. The third-order valence-electron chi connectivity index (χ3n) is 9.80. The van der Waals surface area contributed by atoms with Crippen LogP contribution in [-0.2, 0) is 4.74 Å². The minimum Gasteiger partial charge on any atom is -0.491 e. The van der Waals surface area contributed by atoms with Gasteiger partial charge in [-0.1, -0.05) is 103 Å². The average Bonchev–Trinajstić information content (AvgIpc) is 4.08. The van der Waals surface area contributed by atoms with E-state index in [9.17, 15) is 0 Å². The predicted molar refractivity (Wildman–Crippen MR) is 228 cm³/mol. The predicted octanol–water partition coefficient (Wildman–Crippen LogP) is 12.0. The first-order valence-electron chi connectivity index (χ1n) is 18.4. The van der Waals surface area contributed by atoms with Crippen molar-refractivity contribution < 1.29 is 9.47 Å². The highest BCUT2D eigenvalue weighted by atomic mass is 35.5. The van der Waals surface area contributed by atoms with Crippen molar-refractivity contribution in [2.24, 2.45) is 0 Å². The van der Waals surface area contributed by atoms with Crippen molar-refractivity contribution >= 4 is 58.0 Å². The maximum Gasteiger partial charge on any atom is 0.119 e. The van der Waals surface area contributed by atoms with Crippen LogP contribution in [-0.4, -0.2) is 45.6 Å². The number of fused-ring (bicyclic) bond motifs is 8. The second-order valence-corrected chi connectivity index (χ2v) is 13.7. The average molecular weight is 737 g/mol. The molecule has 0 unspecified atom stereocenters. The van der Waals surface area contributed by atoms with Crippen molar-refractivity contribution in [2.45, 2.75) is 0 Å². The van der Waals surface area contributed by atoms with Gasteiger partial charge in [-0.25, -0.2) is 9.97 Å². The zero-order chi connectivity index (χ0) is 37.0. The fourth-order valence-electron chi connectivity index (χ4n) is 7.33. The molecule has 0 aliphatic carbocycles. The van der Waals surface area contributed by atoms with Gasteiger partial charge in [0.15, 0.2) is 0 Å². The summed E-state index contributed by atoms with van der Waals surface area (Å²) in [4.78, 5) is 18.4. The molecule has 55 heavy (non-hydrogen) atoms. The second kappa shape index (κ2) is 15.5. The summed E-state index contributed by atoms with van der Waals surface area (Å²) >= 11 is 5.75. The number of ether oxygens (including phenoxy) is 2. The van der Waals surface area contributed by atoms with Crippen LogP contribution in [0.25, 0.3) is 90.9 Å². The first-order chi connectivity index (χ1) is 27.2. The van der Waals surface area contributed by atoms with E-state index >= 15 is 0 Å². The molecule has 7 heteroatoms. The van der Waals surface area contributed by atoms with E-state index < -0.39 is 0 Å². The van der Waals surface area contributed by atoms with Crippen molar-refractivity contribution in [2.75, 3.05) is 25.7 Å². The van der Waals surface area contributed by atoms with Gasteiger partial charge in [-0.3, -0.25) is 0 Å². The Morgan fingerprint density at radius 1 is 0.400 bits per heavy atom. The smallest absolute Gasteiger partial charge is 0.119 e. The van der Waals surface area contributed by atoms with E-state index in [1.165, 1.54) is 0 Å². The largest absolute Gasteiger partial charge is 0.491 e. The molecule has 268 valence electrons. The number of hydrogen-bond acceptors (Lipinski definition) is 4. The van der Waals surface area contributed by atoms with E-state index in [0.29, 0.717) is 25.7 Å². The Labute approximate surface area is 324 Å². The number of nitrogens with zero attached hydrogens (tertiary/aromatic N) is 2. The quantitative estimate of drug-likeness (QED) is 0.108. The van der Waals surface area contributed by atoms with Crippen LogP contribution in [0.2, 0.25) is 0 Å². The maximum atomic E-state index is 5.98. The van der Waals surface area contributed by atoms with Gasteiger partial charge in [-0.15, -0.1) is 11.6 Å². The van der Waals surface area contributed by atoms with Gasteiger partial charge < -0.3 is 19.4 Å². The number of aromatic nitrogens is 4. The van der Waals surface area contributed by atoms with Crippen molar-refractivity contribution in [3.05, 3.63) is 162 Å². The van der Waals surface area contributed by atoms with Crippen LogP contribution in [0.3, 0.4) is 0 Å². The van der Waals surface area contributed by atoms with Gasteiger partial charge in [-0.05, 0) is 83.0 Å². The lowest BCUT2D eigenvalue weighted by molar-refractivity contribution is 0.111. The molecule has 4 aromatic carbocycles. The topological polar surface area (TPSA) is 75.8 Å². The highest BCUT2D eigenvalue weighted by Crippen LogP contribution is 2.38. The van der Waals surface area contributed by atoms with E-state index in [1.54, 1.807) is 0 Å². The first-order valence-corrected chi connectivity index (χ1v) is 19.0. The van der Waals surface area contributed by atoms with Gasteiger partial charge in [0.2, 0.25) is 0 Å². The molecule has 0 fully saturated rings. The van der Waals surface area contributed by atoms with Gasteiger partial charge in [0, 0.05) is 50.2 Å². The molecule has 0 saturated heterocycles. The van der Waals surface area contributed by atoms with E-state index in [-0.39, 0.29) is 0 Å². The van der Waals surface area contributed by atoms with Gasteiger partial charge in [0.25, 0.3) is 0 Å². The number of alkyl halides is 1. The minimum absolute atomic E-state index is 0.441. The molecular formula is C48H37ClN4O2. The highest BCUT2D eigenvalue weighted by Gasteiger charge is 2.19. The molecule has 5 heterocycles. The SMILES string of the molecule is ClCCOCCOc1ccc(-c2c3nc(c(-c4ccccc4)c4ccc([nH]4)c(-c4ccccc4)c4ccc([nH]4)c(-c4ccccc4)c4nc2C=C4)C=C3)cc1. The molecule has 8 bridgehead atoms. The number of halogens is 1. The molecule has 0 amide bonds.